The normalized spacial score (nSPS) is 14.2. The lowest BCUT2D eigenvalue weighted by Crippen LogP contribution is -2.21. The van der Waals surface area contributed by atoms with E-state index in [1.54, 1.807) is 0 Å². The Bertz CT molecular complexity index is 102. The molecule has 0 amide bonds. The van der Waals surface area contributed by atoms with Crippen LogP contribution in [0.3, 0.4) is 0 Å². The molecule has 0 aliphatic rings. The molecule has 0 aliphatic heterocycles. The number of halogens is 4. The molecule has 0 bridgehead atoms. The van der Waals surface area contributed by atoms with Gasteiger partial charge in [-0.05, 0) is 0 Å². The third-order valence-electron chi connectivity index (χ3n) is 0.378. The highest BCUT2D eigenvalue weighted by Gasteiger charge is 2.25. The fourth-order valence-electron chi connectivity index (χ4n) is 0.0619. The van der Waals surface area contributed by atoms with Crippen LogP contribution in [0.1, 0.15) is 0 Å². The maximum absolute atomic E-state index is 10.8. The predicted octanol–water partition coefficient (Wildman–Crippen LogP) is 0.720. The van der Waals surface area contributed by atoms with Crippen LogP contribution in [0.4, 0.5) is 17.6 Å². The first-order chi connectivity index (χ1) is 3.48. The van der Waals surface area contributed by atoms with E-state index in [2.05, 4.69) is 0 Å². The van der Waals surface area contributed by atoms with E-state index in [-0.39, 0.29) is 0 Å². The summed E-state index contributed by atoms with van der Waals surface area (Å²) in [6.07, 6.45) is -6.07. The summed E-state index contributed by atoms with van der Waals surface area (Å²) in [7, 11) is 0. The van der Waals surface area contributed by atoms with E-state index in [4.69, 9.17) is 0 Å². The minimum Gasteiger partial charge on any atom is -0.868 e. The van der Waals surface area contributed by atoms with E-state index in [9.17, 15) is 22.7 Å². The SMILES string of the molecule is [O-]/C(=C\F)C(F)(F)F. The van der Waals surface area contributed by atoms with E-state index in [0.29, 0.717) is 0 Å². The molecule has 0 atom stereocenters. The highest BCUT2D eigenvalue weighted by molar-refractivity contribution is 4.90. The van der Waals surface area contributed by atoms with Crippen LogP contribution in [-0.2, 0) is 0 Å². The Labute approximate surface area is 42.2 Å². The first kappa shape index (κ1) is 7.26. The highest BCUT2D eigenvalue weighted by atomic mass is 19.4. The van der Waals surface area contributed by atoms with Gasteiger partial charge in [-0.25, -0.2) is 4.39 Å². The smallest absolute Gasteiger partial charge is 0.404 e. The van der Waals surface area contributed by atoms with Crippen molar-refractivity contribution in [2.75, 3.05) is 0 Å². The molecular weight excluding hydrogens is 128 g/mol. The van der Waals surface area contributed by atoms with Gasteiger partial charge in [0.15, 0.2) is 0 Å². The van der Waals surface area contributed by atoms with Crippen LogP contribution in [0.2, 0.25) is 0 Å². The number of hydrogen-bond donors (Lipinski definition) is 0. The summed E-state index contributed by atoms with van der Waals surface area (Å²) < 4.78 is 43.2. The fourth-order valence-corrected chi connectivity index (χ4v) is 0.0619. The highest BCUT2D eigenvalue weighted by Crippen LogP contribution is 2.20. The molecule has 1 nitrogen and oxygen atoms in total. The summed E-state index contributed by atoms with van der Waals surface area (Å²) in [5, 5.41) is 9.28. The summed E-state index contributed by atoms with van der Waals surface area (Å²) in [6, 6.07) is 0. The molecule has 8 heavy (non-hydrogen) atoms. The number of rotatable bonds is 0. The zero-order chi connectivity index (χ0) is 6.78. The van der Waals surface area contributed by atoms with Crippen LogP contribution in [-0.4, -0.2) is 6.18 Å². The maximum Gasteiger partial charge on any atom is 0.404 e. The van der Waals surface area contributed by atoms with Crippen molar-refractivity contribution in [2.45, 2.75) is 6.18 Å². The lowest BCUT2D eigenvalue weighted by molar-refractivity contribution is -0.361. The molecule has 0 N–H and O–H groups in total. The van der Waals surface area contributed by atoms with Crippen LogP contribution in [0.5, 0.6) is 0 Å². The number of allylic oxidation sites excluding steroid dienone is 1. The first-order valence-electron chi connectivity index (χ1n) is 1.53. The molecule has 0 aromatic carbocycles. The van der Waals surface area contributed by atoms with Crippen molar-refractivity contribution in [3.8, 4) is 0 Å². The van der Waals surface area contributed by atoms with Gasteiger partial charge in [-0.3, -0.25) is 0 Å². The molecule has 0 saturated heterocycles. The third kappa shape index (κ3) is 1.81. The maximum atomic E-state index is 10.8. The van der Waals surface area contributed by atoms with Gasteiger partial charge in [0, 0.05) is 5.76 Å². The molecule has 0 fully saturated rings. The van der Waals surface area contributed by atoms with E-state index in [1.165, 1.54) is 0 Å². The Morgan fingerprint density at radius 3 is 1.75 bits per heavy atom. The van der Waals surface area contributed by atoms with Crippen LogP contribution < -0.4 is 5.11 Å². The van der Waals surface area contributed by atoms with Crippen molar-refractivity contribution in [1.29, 1.82) is 0 Å². The van der Waals surface area contributed by atoms with Crippen LogP contribution in [0.25, 0.3) is 0 Å². The van der Waals surface area contributed by atoms with Gasteiger partial charge in [-0.15, -0.1) is 0 Å². The summed E-state index contributed by atoms with van der Waals surface area (Å²) >= 11 is 0. The van der Waals surface area contributed by atoms with Crippen LogP contribution in [0, 0.1) is 0 Å². The molecule has 0 unspecified atom stereocenters. The van der Waals surface area contributed by atoms with Crippen molar-refractivity contribution in [1.82, 2.24) is 0 Å². The average molecular weight is 129 g/mol. The van der Waals surface area contributed by atoms with Crippen molar-refractivity contribution in [3.63, 3.8) is 0 Å². The fraction of sp³-hybridized carbons (Fsp3) is 0.333. The standard InChI is InChI=1S/C3H2F4O/c4-1-2(8)3(5,6)7/h1,8H/p-1/b2-1-. The second kappa shape index (κ2) is 2.02. The Hall–Kier alpha value is -0.740. The molecule has 0 saturated carbocycles. The quantitative estimate of drug-likeness (QED) is 0.349. The third-order valence-corrected chi connectivity index (χ3v) is 0.378. The largest absolute Gasteiger partial charge is 0.868 e. The Kier molecular flexibility index (Phi) is 1.83. The molecule has 0 aromatic heterocycles. The van der Waals surface area contributed by atoms with Crippen molar-refractivity contribution >= 4 is 0 Å². The zero-order valence-electron chi connectivity index (χ0n) is 3.50. The minimum absolute atomic E-state index is 1.01. The monoisotopic (exact) mass is 129 g/mol. The zero-order valence-corrected chi connectivity index (χ0v) is 3.50. The van der Waals surface area contributed by atoms with E-state index >= 15 is 0 Å². The molecule has 0 aromatic rings. The van der Waals surface area contributed by atoms with Crippen molar-refractivity contribution < 1.29 is 22.7 Å². The van der Waals surface area contributed by atoms with E-state index in [0.717, 1.165) is 0 Å². The van der Waals surface area contributed by atoms with Gasteiger partial charge in [-0.1, -0.05) is 0 Å². The molecule has 0 aliphatic carbocycles. The van der Waals surface area contributed by atoms with Gasteiger partial charge in [0.05, 0.1) is 6.33 Å². The summed E-state index contributed by atoms with van der Waals surface area (Å²) in [5.41, 5.74) is 0. The van der Waals surface area contributed by atoms with Crippen molar-refractivity contribution in [2.24, 2.45) is 0 Å². The molecular formula is C3HF4O-. The van der Waals surface area contributed by atoms with Gasteiger partial charge < -0.3 is 5.11 Å². The average Bonchev–Trinajstić information content (AvgIpc) is 1.62. The van der Waals surface area contributed by atoms with Gasteiger partial charge in [0.1, 0.15) is 0 Å². The number of hydrogen-bond acceptors (Lipinski definition) is 1. The molecule has 0 rings (SSSR count). The van der Waals surface area contributed by atoms with Crippen LogP contribution >= 0.6 is 0 Å². The summed E-state index contributed by atoms with van der Waals surface area (Å²) in [6.45, 7) is 0. The predicted molar refractivity (Wildman–Crippen MR) is 15.2 cm³/mol. The van der Waals surface area contributed by atoms with Gasteiger partial charge in [0.25, 0.3) is 0 Å². The number of alkyl halides is 3. The van der Waals surface area contributed by atoms with Gasteiger partial charge in [-0.2, -0.15) is 13.2 Å². The van der Waals surface area contributed by atoms with Gasteiger partial charge >= 0.3 is 6.18 Å². The van der Waals surface area contributed by atoms with E-state index < -0.39 is 18.3 Å². The second-order valence-corrected chi connectivity index (χ2v) is 0.971. The summed E-state index contributed by atoms with van der Waals surface area (Å²) in [5.74, 6) is -2.46. The second-order valence-electron chi connectivity index (χ2n) is 0.971. The van der Waals surface area contributed by atoms with Crippen molar-refractivity contribution in [3.05, 3.63) is 12.1 Å². The Morgan fingerprint density at radius 2 is 1.75 bits per heavy atom. The van der Waals surface area contributed by atoms with E-state index in [1.807, 2.05) is 0 Å². The Morgan fingerprint density at radius 1 is 1.38 bits per heavy atom. The molecule has 48 valence electrons. The lowest BCUT2D eigenvalue weighted by atomic mass is 10.6. The van der Waals surface area contributed by atoms with Gasteiger partial charge in [0.2, 0.25) is 0 Å². The first-order valence-corrected chi connectivity index (χ1v) is 1.53. The molecule has 5 heteroatoms. The molecule has 0 radical (unpaired) electrons. The topological polar surface area (TPSA) is 23.1 Å². The minimum atomic E-state index is -5.06. The molecule has 0 heterocycles. The lowest BCUT2D eigenvalue weighted by Gasteiger charge is -2.11. The summed E-state index contributed by atoms with van der Waals surface area (Å²) in [4.78, 5) is 0. The molecule has 0 spiro atoms. The van der Waals surface area contributed by atoms with Crippen LogP contribution in [0.15, 0.2) is 12.1 Å². The Balaban J connectivity index is 4.03.